The first-order valence-corrected chi connectivity index (χ1v) is 5.59. The molecule has 0 N–H and O–H groups in total. The lowest BCUT2D eigenvalue weighted by Crippen LogP contribution is -2.38. The second-order valence-electron chi connectivity index (χ2n) is 4.36. The second kappa shape index (κ2) is 4.74. The number of halogens is 1. The third-order valence-corrected chi connectivity index (χ3v) is 2.96. The van der Waals surface area contributed by atoms with E-state index in [-0.39, 0.29) is 0 Å². The van der Waals surface area contributed by atoms with Gasteiger partial charge < -0.3 is 9.80 Å². The van der Waals surface area contributed by atoms with Crippen molar-refractivity contribution in [3.8, 4) is 0 Å². The number of hydrogen-bond acceptors (Lipinski definition) is 4. The van der Waals surface area contributed by atoms with E-state index < -0.39 is 5.95 Å². The van der Waals surface area contributed by atoms with Crippen LogP contribution in [-0.2, 0) is 0 Å². The Hall–Kier alpha value is -1.23. The monoisotopic (exact) mass is 224 g/mol. The van der Waals surface area contributed by atoms with E-state index in [4.69, 9.17) is 0 Å². The van der Waals surface area contributed by atoms with Crippen molar-refractivity contribution in [1.29, 1.82) is 0 Å². The Kier molecular flexibility index (Phi) is 3.33. The van der Waals surface area contributed by atoms with Crippen molar-refractivity contribution in [3.05, 3.63) is 18.3 Å². The standard InChI is InChI=1S/C11H17FN4/c1-9-7-15(2)4-3-5-16(9)11-6-10(12)13-8-14-11/h6,8-9H,3-5,7H2,1-2H3. The highest BCUT2D eigenvalue weighted by Gasteiger charge is 2.20. The molecule has 88 valence electrons. The molecule has 1 aromatic heterocycles. The smallest absolute Gasteiger partial charge is 0.218 e. The molecule has 2 heterocycles. The average molecular weight is 224 g/mol. The van der Waals surface area contributed by atoms with Crippen LogP contribution in [0.3, 0.4) is 0 Å². The maximum absolute atomic E-state index is 13.0. The van der Waals surface area contributed by atoms with E-state index >= 15 is 0 Å². The minimum atomic E-state index is -0.463. The lowest BCUT2D eigenvalue weighted by molar-refractivity contribution is 0.337. The Morgan fingerprint density at radius 3 is 2.94 bits per heavy atom. The highest BCUT2D eigenvalue weighted by atomic mass is 19.1. The van der Waals surface area contributed by atoms with Crippen LogP contribution in [0.15, 0.2) is 12.4 Å². The van der Waals surface area contributed by atoms with Crippen LogP contribution < -0.4 is 4.90 Å². The van der Waals surface area contributed by atoms with Gasteiger partial charge in [0.2, 0.25) is 5.95 Å². The van der Waals surface area contributed by atoms with E-state index in [1.807, 2.05) is 0 Å². The number of likely N-dealkylation sites (N-methyl/N-ethyl adjacent to an activating group) is 1. The molecule has 2 rings (SSSR count). The van der Waals surface area contributed by atoms with Gasteiger partial charge in [0.25, 0.3) is 0 Å². The average Bonchev–Trinajstić information content (AvgIpc) is 2.39. The van der Waals surface area contributed by atoms with Gasteiger partial charge in [0.15, 0.2) is 0 Å². The van der Waals surface area contributed by atoms with Crippen LogP contribution in [0.2, 0.25) is 0 Å². The van der Waals surface area contributed by atoms with Gasteiger partial charge in [-0.25, -0.2) is 9.97 Å². The number of nitrogens with zero attached hydrogens (tertiary/aromatic N) is 4. The number of anilines is 1. The Morgan fingerprint density at radius 2 is 2.19 bits per heavy atom. The highest BCUT2D eigenvalue weighted by molar-refractivity contribution is 5.38. The molecular weight excluding hydrogens is 207 g/mol. The molecule has 0 bridgehead atoms. The first kappa shape index (κ1) is 11.3. The topological polar surface area (TPSA) is 32.3 Å². The van der Waals surface area contributed by atoms with Gasteiger partial charge in [-0.15, -0.1) is 0 Å². The molecule has 0 radical (unpaired) electrons. The van der Waals surface area contributed by atoms with E-state index in [9.17, 15) is 4.39 Å². The number of hydrogen-bond donors (Lipinski definition) is 0. The fraction of sp³-hybridized carbons (Fsp3) is 0.636. The Labute approximate surface area is 95.1 Å². The molecule has 5 heteroatoms. The third kappa shape index (κ3) is 2.47. The fourth-order valence-corrected chi connectivity index (χ4v) is 2.19. The van der Waals surface area contributed by atoms with E-state index in [1.165, 1.54) is 12.4 Å². The largest absolute Gasteiger partial charge is 0.352 e. The zero-order valence-electron chi connectivity index (χ0n) is 9.73. The molecule has 1 aromatic rings. The summed E-state index contributed by atoms with van der Waals surface area (Å²) in [5.74, 6) is 0.227. The zero-order valence-corrected chi connectivity index (χ0v) is 9.73. The molecule has 0 saturated carbocycles. The van der Waals surface area contributed by atoms with Crippen LogP contribution in [0.5, 0.6) is 0 Å². The Bertz CT molecular complexity index is 358. The number of rotatable bonds is 1. The molecule has 1 aliphatic heterocycles. The molecule has 0 amide bonds. The summed E-state index contributed by atoms with van der Waals surface area (Å²) >= 11 is 0. The number of aromatic nitrogens is 2. The van der Waals surface area contributed by atoms with Crippen LogP contribution >= 0.6 is 0 Å². The van der Waals surface area contributed by atoms with Crippen molar-refractivity contribution in [1.82, 2.24) is 14.9 Å². The van der Waals surface area contributed by atoms with E-state index in [0.717, 1.165) is 26.1 Å². The van der Waals surface area contributed by atoms with Crippen LogP contribution in [0.25, 0.3) is 0 Å². The summed E-state index contributed by atoms with van der Waals surface area (Å²) in [6.45, 7) is 5.11. The molecule has 0 aromatic carbocycles. The predicted molar refractivity (Wildman–Crippen MR) is 60.9 cm³/mol. The van der Waals surface area contributed by atoms with E-state index in [0.29, 0.717) is 11.9 Å². The molecular formula is C11H17FN4. The van der Waals surface area contributed by atoms with Gasteiger partial charge >= 0.3 is 0 Å². The maximum Gasteiger partial charge on any atom is 0.218 e. The lowest BCUT2D eigenvalue weighted by Gasteiger charge is -2.28. The van der Waals surface area contributed by atoms with E-state index in [1.54, 1.807) is 0 Å². The van der Waals surface area contributed by atoms with E-state index in [2.05, 4.69) is 33.7 Å². The summed E-state index contributed by atoms with van der Waals surface area (Å²) in [6, 6.07) is 1.75. The van der Waals surface area contributed by atoms with Crippen molar-refractivity contribution >= 4 is 5.82 Å². The summed E-state index contributed by atoms with van der Waals surface area (Å²) in [7, 11) is 2.11. The minimum Gasteiger partial charge on any atom is -0.352 e. The summed E-state index contributed by atoms with van der Waals surface area (Å²) < 4.78 is 13.0. The summed E-state index contributed by atoms with van der Waals surface area (Å²) in [5, 5.41) is 0. The molecule has 1 unspecified atom stereocenters. The van der Waals surface area contributed by atoms with Gasteiger partial charge in [0.1, 0.15) is 12.1 Å². The summed E-state index contributed by atoms with van der Waals surface area (Å²) in [4.78, 5) is 12.1. The van der Waals surface area contributed by atoms with Crippen molar-refractivity contribution < 1.29 is 4.39 Å². The van der Waals surface area contributed by atoms with Crippen molar-refractivity contribution in [3.63, 3.8) is 0 Å². The molecule has 1 saturated heterocycles. The maximum atomic E-state index is 13.0. The van der Waals surface area contributed by atoms with Crippen molar-refractivity contribution in [2.75, 3.05) is 31.6 Å². The molecule has 4 nitrogen and oxygen atoms in total. The SMILES string of the molecule is CC1CN(C)CCCN1c1cc(F)ncn1. The Morgan fingerprint density at radius 1 is 1.38 bits per heavy atom. The van der Waals surface area contributed by atoms with Crippen LogP contribution in [-0.4, -0.2) is 47.6 Å². The lowest BCUT2D eigenvalue weighted by atomic mass is 10.2. The molecule has 1 aliphatic rings. The van der Waals surface area contributed by atoms with Gasteiger partial charge in [-0.3, -0.25) is 0 Å². The van der Waals surface area contributed by atoms with Gasteiger partial charge in [0.05, 0.1) is 0 Å². The Balaban J connectivity index is 2.19. The first-order chi connectivity index (χ1) is 7.66. The third-order valence-electron chi connectivity index (χ3n) is 2.96. The van der Waals surface area contributed by atoms with Gasteiger partial charge in [0, 0.05) is 25.2 Å². The quantitative estimate of drug-likeness (QED) is 0.670. The van der Waals surface area contributed by atoms with Crippen LogP contribution in [0.1, 0.15) is 13.3 Å². The van der Waals surface area contributed by atoms with Gasteiger partial charge in [-0.2, -0.15) is 4.39 Å². The van der Waals surface area contributed by atoms with Gasteiger partial charge in [-0.1, -0.05) is 0 Å². The summed E-state index contributed by atoms with van der Waals surface area (Å²) in [6.07, 6.45) is 2.36. The second-order valence-corrected chi connectivity index (χ2v) is 4.36. The van der Waals surface area contributed by atoms with Crippen molar-refractivity contribution in [2.45, 2.75) is 19.4 Å². The van der Waals surface area contributed by atoms with Crippen molar-refractivity contribution in [2.24, 2.45) is 0 Å². The summed E-state index contributed by atoms with van der Waals surface area (Å²) in [5.41, 5.74) is 0. The molecule has 1 atom stereocenters. The normalized spacial score (nSPS) is 23.2. The molecule has 0 spiro atoms. The predicted octanol–water partition coefficient (Wildman–Crippen LogP) is 1.15. The van der Waals surface area contributed by atoms with Crippen LogP contribution in [0, 0.1) is 5.95 Å². The zero-order chi connectivity index (χ0) is 11.5. The fourth-order valence-electron chi connectivity index (χ4n) is 2.19. The molecule has 0 aliphatic carbocycles. The molecule has 16 heavy (non-hydrogen) atoms. The molecule has 1 fully saturated rings. The van der Waals surface area contributed by atoms with Crippen LogP contribution in [0.4, 0.5) is 10.2 Å². The minimum absolute atomic E-state index is 0.349. The first-order valence-electron chi connectivity index (χ1n) is 5.59. The highest BCUT2D eigenvalue weighted by Crippen LogP contribution is 2.17. The van der Waals surface area contributed by atoms with Gasteiger partial charge in [-0.05, 0) is 26.9 Å².